The third-order valence-electron chi connectivity index (χ3n) is 7.82. The third-order valence-corrected chi connectivity index (χ3v) is 61.6. The molecule has 0 heterocycles. The van der Waals surface area contributed by atoms with Crippen LogP contribution in [0.3, 0.4) is 0 Å². The number of ether oxygens (including phenoxy) is 1. The number of benzene rings is 3. The summed E-state index contributed by atoms with van der Waals surface area (Å²) in [6.45, 7) is 15.3. The van der Waals surface area contributed by atoms with E-state index in [0.717, 1.165) is 0 Å². The third kappa shape index (κ3) is 8.15. The average molecular weight is 652 g/mol. The fourth-order valence-corrected chi connectivity index (χ4v) is 81.8. The minimum atomic E-state index is -3.16. The summed E-state index contributed by atoms with van der Waals surface area (Å²) in [5.74, 6) is -0.210. The van der Waals surface area contributed by atoms with Crippen molar-refractivity contribution in [2.45, 2.75) is 51.5 Å². The first-order valence-corrected chi connectivity index (χ1v) is 30.7. The Balaban J connectivity index is 2.17. The standard InChI is InChI=1S/3C9H13Si.C4H5O2.Sn/c3*1-10(2,3)9-7-5-4-6-8-9;1-3-4(5)6-2;/h3*4-8H,1H2,2-3H3;1,3H,2H3;. The summed E-state index contributed by atoms with van der Waals surface area (Å²) in [6, 6.07) is 33.6. The van der Waals surface area contributed by atoms with Crippen molar-refractivity contribution in [3.05, 3.63) is 101 Å². The normalized spacial score (nSPS) is 13.1. The van der Waals surface area contributed by atoms with E-state index in [0.29, 0.717) is 0 Å². The molecule has 0 aliphatic carbocycles. The Bertz CT molecular complexity index is 1050. The first kappa shape index (κ1) is 29.9. The molecule has 2 nitrogen and oxygen atoms in total. The van der Waals surface area contributed by atoms with Gasteiger partial charge in [0, 0.05) is 0 Å². The second kappa shape index (κ2) is 12.5. The molecular formula is C31H44O2Si3Sn. The molecule has 0 unspecified atom stereocenters. The van der Waals surface area contributed by atoms with E-state index in [-0.39, 0.29) is 5.97 Å². The van der Waals surface area contributed by atoms with Gasteiger partial charge in [0.15, 0.2) is 0 Å². The van der Waals surface area contributed by atoms with Gasteiger partial charge in [-0.1, -0.05) is 0 Å². The van der Waals surface area contributed by atoms with Crippen molar-refractivity contribution in [1.82, 2.24) is 0 Å². The Morgan fingerprint density at radius 2 is 0.919 bits per heavy atom. The van der Waals surface area contributed by atoms with Crippen molar-refractivity contribution in [1.29, 1.82) is 0 Å². The summed E-state index contributed by atoms with van der Waals surface area (Å²) < 4.78 is 11.5. The zero-order chi connectivity index (χ0) is 27.2. The predicted octanol–water partition coefficient (Wildman–Crippen LogP) is 6.17. The van der Waals surface area contributed by atoms with Gasteiger partial charge in [-0.05, 0) is 0 Å². The Labute approximate surface area is 232 Å². The van der Waals surface area contributed by atoms with Gasteiger partial charge in [-0.15, -0.1) is 0 Å². The number of hydrogen-bond acceptors (Lipinski definition) is 2. The fraction of sp³-hybridized carbons (Fsp3) is 0.323. The Hall–Kier alpha value is -1.68. The molecule has 196 valence electrons. The Kier molecular flexibility index (Phi) is 10.1. The predicted molar refractivity (Wildman–Crippen MR) is 172 cm³/mol. The maximum atomic E-state index is 12.5. The SMILES string of the molecule is COC(=O)/C=[CH]\[Sn]([CH2][Si](C)(C)c1ccccc1)([CH2][Si](C)(C)c1ccccc1)[CH2][Si](C)(C)c1ccccc1. The molecule has 0 saturated carbocycles. The molecule has 0 amide bonds. The molecule has 6 heteroatoms. The molecule has 37 heavy (non-hydrogen) atoms. The van der Waals surface area contributed by atoms with Gasteiger partial charge in [0.05, 0.1) is 0 Å². The van der Waals surface area contributed by atoms with Crippen LogP contribution < -0.4 is 15.6 Å². The van der Waals surface area contributed by atoms with Crippen molar-refractivity contribution in [3.63, 3.8) is 0 Å². The zero-order valence-electron chi connectivity index (χ0n) is 23.8. The van der Waals surface area contributed by atoms with Gasteiger partial charge < -0.3 is 0 Å². The van der Waals surface area contributed by atoms with Crippen LogP contribution in [0, 0.1) is 0 Å². The summed E-state index contributed by atoms with van der Waals surface area (Å²) in [6.07, 6.45) is 1.82. The summed E-state index contributed by atoms with van der Waals surface area (Å²) in [5, 5.41) is 4.59. The molecule has 0 fully saturated rings. The minimum absolute atomic E-state index is 0.210. The van der Waals surface area contributed by atoms with Crippen LogP contribution in [-0.4, -0.2) is 55.7 Å². The first-order valence-electron chi connectivity index (χ1n) is 13.3. The van der Waals surface area contributed by atoms with E-state index >= 15 is 0 Å². The maximum absolute atomic E-state index is 12.5. The molecule has 0 atom stereocenters. The van der Waals surface area contributed by atoms with E-state index in [1.165, 1.54) is 34.9 Å². The molecule has 0 aliphatic heterocycles. The summed E-state index contributed by atoms with van der Waals surface area (Å²) in [7, 11) is -3.79. The fourth-order valence-electron chi connectivity index (χ4n) is 6.29. The molecule has 3 aromatic rings. The molecular weight excluding hydrogens is 607 g/mol. The number of rotatable bonds is 11. The summed E-state index contributed by atoms with van der Waals surface area (Å²) in [5.41, 5.74) is 0. The number of carbonyl (C=O) groups is 1. The molecule has 0 spiro atoms. The molecule has 0 radical (unpaired) electrons. The van der Waals surface area contributed by atoms with Crippen LogP contribution in [0.1, 0.15) is 0 Å². The molecule has 3 rings (SSSR count). The van der Waals surface area contributed by atoms with Gasteiger partial charge in [-0.25, -0.2) is 0 Å². The topological polar surface area (TPSA) is 26.3 Å². The van der Waals surface area contributed by atoms with E-state index in [4.69, 9.17) is 4.74 Å². The van der Waals surface area contributed by atoms with Crippen LogP contribution in [0.2, 0.25) is 51.5 Å². The Morgan fingerprint density at radius 1 is 0.622 bits per heavy atom. The second-order valence-corrected chi connectivity index (χ2v) is 44.4. The molecule has 0 aliphatic rings. The van der Waals surface area contributed by atoms with E-state index in [9.17, 15) is 4.79 Å². The van der Waals surface area contributed by atoms with E-state index in [2.05, 4.69) is 134 Å². The van der Waals surface area contributed by atoms with Crippen molar-refractivity contribution >= 4 is 64.1 Å². The van der Waals surface area contributed by atoms with Gasteiger partial charge in [-0.2, -0.15) is 0 Å². The van der Waals surface area contributed by atoms with Gasteiger partial charge in [0.2, 0.25) is 0 Å². The van der Waals surface area contributed by atoms with Crippen LogP contribution in [0.15, 0.2) is 101 Å². The molecule has 0 aromatic heterocycles. The average Bonchev–Trinajstić information content (AvgIpc) is 2.88. The molecule has 3 aromatic carbocycles. The van der Waals surface area contributed by atoms with Crippen LogP contribution in [0.25, 0.3) is 0 Å². The quantitative estimate of drug-likeness (QED) is 0.141. The van der Waals surface area contributed by atoms with Crippen molar-refractivity contribution in [2.75, 3.05) is 7.11 Å². The molecule has 0 bridgehead atoms. The van der Waals surface area contributed by atoms with E-state index < -0.39 is 42.6 Å². The number of hydrogen-bond donors (Lipinski definition) is 0. The summed E-state index contributed by atoms with van der Waals surface area (Å²) >= 11 is -3.16. The van der Waals surface area contributed by atoms with E-state index in [1.807, 2.05) is 6.08 Å². The summed E-state index contributed by atoms with van der Waals surface area (Å²) in [4.78, 5) is 12.5. The monoisotopic (exact) mass is 652 g/mol. The van der Waals surface area contributed by atoms with Gasteiger partial charge in [0.1, 0.15) is 0 Å². The first-order chi connectivity index (χ1) is 17.4. The number of esters is 1. The van der Waals surface area contributed by atoms with Crippen molar-refractivity contribution in [3.8, 4) is 0 Å². The van der Waals surface area contributed by atoms with Crippen molar-refractivity contribution < 1.29 is 9.53 Å². The van der Waals surface area contributed by atoms with Gasteiger partial charge in [-0.3, -0.25) is 0 Å². The number of carbonyl (C=O) groups excluding carboxylic acids is 1. The molecule has 0 N–H and O–H groups in total. The van der Waals surface area contributed by atoms with Gasteiger partial charge >= 0.3 is 233 Å². The van der Waals surface area contributed by atoms with Gasteiger partial charge in [0.25, 0.3) is 0 Å². The van der Waals surface area contributed by atoms with Crippen LogP contribution >= 0.6 is 0 Å². The zero-order valence-corrected chi connectivity index (χ0v) is 29.6. The number of methoxy groups -OCH3 is 1. The Morgan fingerprint density at radius 3 is 1.19 bits per heavy atom. The van der Waals surface area contributed by atoms with Crippen LogP contribution in [0.4, 0.5) is 0 Å². The molecule has 0 saturated heterocycles. The second-order valence-electron chi connectivity index (χ2n) is 12.5. The van der Waals surface area contributed by atoms with E-state index in [1.54, 1.807) is 0 Å². The van der Waals surface area contributed by atoms with Crippen LogP contribution in [-0.2, 0) is 9.53 Å². The van der Waals surface area contributed by atoms with Crippen LogP contribution in [0.5, 0.6) is 0 Å². The van der Waals surface area contributed by atoms with Crippen molar-refractivity contribution in [2.24, 2.45) is 0 Å².